The molecule has 0 atom stereocenters. The molecule has 0 amide bonds. The molecule has 0 aromatic heterocycles. The van der Waals surface area contributed by atoms with Gasteiger partial charge in [-0.15, -0.1) is 0 Å². The van der Waals surface area contributed by atoms with Crippen molar-refractivity contribution in [1.82, 2.24) is 0 Å². The van der Waals surface area contributed by atoms with Crippen LogP contribution in [0, 0.1) is 0 Å². The van der Waals surface area contributed by atoms with Crippen molar-refractivity contribution in [3.63, 3.8) is 0 Å². The first kappa shape index (κ1) is 52.0. The van der Waals surface area contributed by atoms with Crippen LogP contribution in [-0.2, 0) is 25.7 Å². The van der Waals surface area contributed by atoms with E-state index in [1.54, 1.807) is 0 Å². The molecule has 394 valence electrons. The summed E-state index contributed by atoms with van der Waals surface area (Å²) >= 11 is 0. The number of para-hydroxylation sites is 4. The van der Waals surface area contributed by atoms with E-state index in [1.165, 1.54) is 24.3 Å². The van der Waals surface area contributed by atoms with Gasteiger partial charge in [-0.3, -0.25) is 0 Å². The van der Waals surface area contributed by atoms with Gasteiger partial charge in [-0.2, -0.15) is 43.2 Å². The van der Waals surface area contributed by atoms with Gasteiger partial charge in [0.15, 0.2) is 0 Å². The van der Waals surface area contributed by atoms with E-state index in [0.29, 0.717) is 22.3 Å². The van der Waals surface area contributed by atoms with Gasteiger partial charge < -0.3 is 18.2 Å². The monoisotopic (exact) mass is 1100 g/mol. The predicted octanol–water partition coefficient (Wildman–Crippen LogP) is 16.8. The van der Waals surface area contributed by atoms with Gasteiger partial charge >= 0.3 is 31.3 Å². The molecule has 1 aliphatic carbocycles. The molecular weight excluding hydrogens is 1060 g/mol. The van der Waals surface area contributed by atoms with E-state index >= 15 is 0 Å². The van der Waals surface area contributed by atoms with Crippen LogP contribution < -0.4 is 18.2 Å². The van der Waals surface area contributed by atoms with Crippen LogP contribution in [0.2, 0.25) is 0 Å². The SMILES string of the molecule is O=S(=O)(Oc1ccc(C2(c3ccc(OS(=O)(=O)C(F)(F)F)cc3)c3cc(-c4ccc(N(c5ccccc5)c5ccccc5)cc4)ccc3-c3ccc(-c4ccc(N(c5ccccc5)c5ccccc5)cc4)cc32)cc1)C(F)(F)F. The smallest absolute Gasteiger partial charge is 0.376 e. The molecule has 0 saturated heterocycles. The first-order chi connectivity index (χ1) is 37.9. The van der Waals surface area contributed by atoms with Crippen LogP contribution in [0.4, 0.5) is 60.5 Å². The van der Waals surface area contributed by atoms with Gasteiger partial charge in [-0.1, -0.05) is 146 Å². The standard InChI is InChI=1S/C63H42F6N2O6S2/c64-62(65,66)78(72,73)76-55-35-27-47(28-36-55)61(48-29-37-56(38-30-48)77-79(74,75)63(67,68)69)59-41-45(43-21-31-53(32-22-43)70(49-13-5-1-6-14-49)50-15-7-2-8-16-50)25-39-57(59)58-40-26-46(42-60(58)61)44-23-33-54(34-24-44)71(51-17-9-3-10-18-51)52-19-11-4-12-20-52/h1-42H. The third-order valence-electron chi connectivity index (χ3n) is 13.7. The highest BCUT2D eigenvalue weighted by atomic mass is 32.2. The minimum atomic E-state index is -6.08. The second kappa shape index (κ2) is 20.4. The maximum absolute atomic E-state index is 13.6. The number of nitrogens with zero attached hydrogens (tertiary/aromatic N) is 2. The highest BCUT2D eigenvalue weighted by Crippen LogP contribution is 2.58. The van der Waals surface area contributed by atoms with Crippen molar-refractivity contribution < 1.29 is 51.5 Å². The predicted molar refractivity (Wildman–Crippen MR) is 295 cm³/mol. The minimum absolute atomic E-state index is 0.378. The largest absolute Gasteiger partial charge is 0.534 e. The molecular formula is C63H42F6N2O6S2. The van der Waals surface area contributed by atoms with Gasteiger partial charge in [-0.05, 0) is 165 Å². The van der Waals surface area contributed by atoms with Crippen LogP contribution in [0.15, 0.2) is 255 Å². The highest BCUT2D eigenvalue weighted by Gasteiger charge is 2.51. The Morgan fingerprint density at radius 3 is 0.861 bits per heavy atom. The third-order valence-corrected chi connectivity index (χ3v) is 15.6. The van der Waals surface area contributed by atoms with Crippen molar-refractivity contribution in [2.24, 2.45) is 0 Å². The first-order valence-corrected chi connectivity index (χ1v) is 27.3. The maximum Gasteiger partial charge on any atom is 0.534 e. The Bertz CT molecular complexity index is 3700. The summed E-state index contributed by atoms with van der Waals surface area (Å²) in [6.45, 7) is 0. The lowest BCUT2D eigenvalue weighted by Gasteiger charge is -2.34. The highest BCUT2D eigenvalue weighted by molar-refractivity contribution is 7.88. The molecule has 0 radical (unpaired) electrons. The van der Waals surface area contributed by atoms with Crippen molar-refractivity contribution in [3.8, 4) is 44.9 Å². The Hall–Kier alpha value is -9.12. The lowest BCUT2D eigenvalue weighted by Crippen LogP contribution is -2.30. The summed E-state index contributed by atoms with van der Waals surface area (Å²) in [5.41, 5.74) is -1.01. The lowest BCUT2D eigenvalue weighted by molar-refractivity contribution is -0.0504. The molecule has 0 heterocycles. The molecule has 0 spiro atoms. The summed E-state index contributed by atoms with van der Waals surface area (Å²) in [4.78, 5) is 4.23. The van der Waals surface area contributed by atoms with Gasteiger partial charge in [0.25, 0.3) is 0 Å². The van der Waals surface area contributed by atoms with E-state index in [4.69, 9.17) is 0 Å². The van der Waals surface area contributed by atoms with E-state index in [-0.39, 0.29) is 0 Å². The fourth-order valence-electron chi connectivity index (χ4n) is 10.1. The summed E-state index contributed by atoms with van der Waals surface area (Å²) in [5, 5.41) is 0. The maximum atomic E-state index is 13.6. The van der Waals surface area contributed by atoms with E-state index in [2.05, 4.69) is 18.2 Å². The Morgan fingerprint density at radius 2 is 0.582 bits per heavy atom. The zero-order chi connectivity index (χ0) is 55.2. The van der Waals surface area contributed by atoms with Crippen molar-refractivity contribution in [1.29, 1.82) is 0 Å². The second-order valence-corrected chi connectivity index (χ2v) is 21.5. The molecule has 1 aliphatic rings. The van der Waals surface area contributed by atoms with Gasteiger partial charge in [0.05, 0.1) is 5.41 Å². The molecule has 11 rings (SSSR count). The Kier molecular flexibility index (Phi) is 13.4. The Balaban J connectivity index is 1.09. The fourth-order valence-corrected chi connectivity index (χ4v) is 11.1. The molecule has 0 N–H and O–H groups in total. The number of fused-ring (bicyclic) bond motifs is 3. The summed E-state index contributed by atoms with van der Waals surface area (Å²) < 4.78 is 140. The number of anilines is 6. The van der Waals surface area contributed by atoms with Crippen LogP contribution in [0.1, 0.15) is 22.3 Å². The molecule has 79 heavy (non-hydrogen) atoms. The normalized spacial score (nSPS) is 13.0. The number of hydrogen-bond donors (Lipinski definition) is 0. The molecule has 10 aromatic carbocycles. The van der Waals surface area contributed by atoms with Gasteiger partial charge in [-0.25, -0.2) is 0 Å². The fraction of sp³-hybridized carbons (Fsp3) is 0.0476. The van der Waals surface area contributed by atoms with Crippen molar-refractivity contribution >= 4 is 54.4 Å². The molecule has 10 aromatic rings. The molecule has 0 aliphatic heterocycles. The van der Waals surface area contributed by atoms with Gasteiger partial charge in [0, 0.05) is 34.1 Å². The van der Waals surface area contributed by atoms with Crippen LogP contribution in [0.3, 0.4) is 0 Å². The third kappa shape index (κ3) is 9.85. The number of hydrogen-bond acceptors (Lipinski definition) is 8. The molecule has 0 bridgehead atoms. The van der Waals surface area contributed by atoms with Crippen LogP contribution in [0.25, 0.3) is 33.4 Å². The molecule has 0 fully saturated rings. The van der Waals surface area contributed by atoms with Gasteiger partial charge in [0.2, 0.25) is 0 Å². The number of benzene rings is 10. The number of alkyl halides is 6. The van der Waals surface area contributed by atoms with Crippen LogP contribution >= 0.6 is 0 Å². The summed E-state index contributed by atoms with van der Waals surface area (Å²) in [6, 6.07) is 77.0. The summed E-state index contributed by atoms with van der Waals surface area (Å²) in [7, 11) is -12.2. The lowest BCUT2D eigenvalue weighted by atomic mass is 9.67. The molecule has 16 heteroatoms. The minimum Gasteiger partial charge on any atom is -0.376 e. The quantitative estimate of drug-likeness (QED) is 0.0604. The van der Waals surface area contributed by atoms with Gasteiger partial charge in [0.1, 0.15) is 11.5 Å². The zero-order valence-electron chi connectivity index (χ0n) is 41.2. The van der Waals surface area contributed by atoms with Crippen LogP contribution in [0.5, 0.6) is 11.5 Å². The summed E-state index contributed by atoms with van der Waals surface area (Å²) in [6.07, 6.45) is 0. The Morgan fingerprint density at radius 1 is 0.316 bits per heavy atom. The zero-order valence-corrected chi connectivity index (χ0v) is 42.8. The van der Waals surface area contributed by atoms with E-state index in [9.17, 15) is 43.2 Å². The molecule has 0 unspecified atom stereocenters. The average Bonchev–Trinajstić information content (AvgIpc) is 3.94. The van der Waals surface area contributed by atoms with Crippen molar-refractivity contribution in [2.75, 3.05) is 9.80 Å². The molecule has 8 nitrogen and oxygen atoms in total. The summed E-state index contributed by atoms with van der Waals surface area (Å²) in [5.74, 6) is -1.28. The van der Waals surface area contributed by atoms with E-state index in [0.717, 1.165) is 91.8 Å². The van der Waals surface area contributed by atoms with Crippen molar-refractivity contribution in [3.05, 3.63) is 277 Å². The number of halogens is 6. The topological polar surface area (TPSA) is 93.2 Å². The molecule has 0 saturated carbocycles. The van der Waals surface area contributed by atoms with E-state index in [1.807, 2.05) is 206 Å². The van der Waals surface area contributed by atoms with Crippen molar-refractivity contribution in [2.45, 2.75) is 16.4 Å². The number of rotatable bonds is 14. The second-order valence-electron chi connectivity index (χ2n) is 18.4. The Labute approximate surface area is 451 Å². The first-order valence-electron chi connectivity index (χ1n) is 24.4. The average molecular weight is 1100 g/mol. The van der Waals surface area contributed by atoms with E-state index < -0.39 is 48.2 Å². The van der Waals surface area contributed by atoms with Crippen LogP contribution in [-0.4, -0.2) is 27.9 Å².